The largest absolute Gasteiger partial charge is 0.507 e. The zero-order valence-electron chi connectivity index (χ0n) is 15.5. The number of carboxylic acids is 1. The van der Waals surface area contributed by atoms with Gasteiger partial charge in [0.25, 0.3) is 16.0 Å². The topological polar surface area (TPSA) is 130 Å². The van der Waals surface area contributed by atoms with Crippen LogP contribution in [-0.2, 0) is 19.1 Å². The van der Waals surface area contributed by atoms with E-state index in [2.05, 4.69) is 5.32 Å². The van der Waals surface area contributed by atoms with E-state index in [1.54, 1.807) is 12.1 Å². The van der Waals surface area contributed by atoms with Crippen LogP contribution in [0.5, 0.6) is 5.75 Å². The zero-order valence-corrected chi connectivity index (χ0v) is 16.3. The van der Waals surface area contributed by atoms with E-state index in [-0.39, 0.29) is 16.1 Å². The maximum Gasteiger partial charge on any atom is 0.339 e. The Balaban J connectivity index is 1.62. The van der Waals surface area contributed by atoms with Crippen LogP contribution in [0.4, 0.5) is 5.69 Å². The summed E-state index contributed by atoms with van der Waals surface area (Å²) in [6, 6.07) is 18.9. The molecular formula is C21H17NO7S. The van der Waals surface area contributed by atoms with E-state index in [0.717, 1.165) is 23.3 Å². The quantitative estimate of drug-likeness (QED) is 0.494. The van der Waals surface area contributed by atoms with Crippen molar-refractivity contribution in [3.05, 3.63) is 78.4 Å². The molecule has 0 saturated carbocycles. The molecule has 0 heterocycles. The minimum absolute atomic E-state index is 0.0933. The fourth-order valence-corrected chi connectivity index (χ4v) is 3.50. The maximum atomic E-state index is 12.3. The molecule has 3 rings (SSSR count). The third-order valence-electron chi connectivity index (χ3n) is 4.11. The summed E-state index contributed by atoms with van der Waals surface area (Å²) >= 11 is 0. The molecule has 3 aromatic carbocycles. The van der Waals surface area contributed by atoms with Crippen molar-refractivity contribution < 1.29 is 32.4 Å². The Morgan fingerprint density at radius 1 is 0.900 bits per heavy atom. The molecule has 0 aliphatic carbocycles. The molecule has 9 heteroatoms. The SMILES string of the molecule is O=C(COS(=O)(=O)c1ccc(-c2ccccc2)cc1)Nc1ccc(C(=O)O)c(O)c1. The van der Waals surface area contributed by atoms with Crippen LogP contribution >= 0.6 is 0 Å². The number of carbonyl (C=O) groups is 2. The van der Waals surface area contributed by atoms with Crippen LogP contribution in [0.25, 0.3) is 11.1 Å². The lowest BCUT2D eigenvalue weighted by molar-refractivity contribution is -0.118. The highest BCUT2D eigenvalue weighted by Crippen LogP contribution is 2.23. The number of hydrogen-bond donors (Lipinski definition) is 3. The summed E-state index contributed by atoms with van der Waals surface area (Å²) in [5, 5.41) is 20.8. The van der Waals surface area contributed by atoms with Crippen LogP contribution in [0.1, 0.15) is 10.4 Å². The molecule has 0 bridgehead atoms. The first-order valence-corrected chi connectivity index (χ1v) is 10.1. The van der Waals surface area contributed by atoms with Crippen LogP contribution in [0.2, 0.25) is 0 Å². The third-order valence-corrected chi connectivity index (χ3v) is 5.38. The number of anilines is 1. The minimum atomic E-state index is -4.16. The summed E-state index contributed by atoms with van der Waals surface area (Å²) in [7, 11) is -4.16. The number of phenols is 1. The van der Waals surface area contributed by atoms with Crippen molar-refractivity contribution in [2.24, 2.45) is 0 Å². The summed E-state index contributed by atoms with van der Waals surface area (Å²) in [5.41, 5.74) is 1.53. The Hall–Kier alpha value is -3.69. The Morgan fingerprint density at radius 3 is 2.13 bits per heavy atom. The van der Waals surface area contributed by atoms with Crippen LogP contribution in [-0.4, -0.2) is 37.1 Å². The number of rotatable bonds is 7. The van der Waals surface area contributed by atoms with Gasteiger partial charge in [0.15, 0.2) is 0 Å². The number of carbonyl (C=O) groups excluding carboxylic acids is 1. The molecule has 0 unspecified atom stereocenters. The number of aromatic carboxylic acids is 1. The molecule has 3 N–H and O–H groups in total. The summed E-state index contributed by atoms with van der Waals surface area (Å²) in [5.74, 6) is -2.65. The molecule has 0 atom stereocenters. The first-order valence-electron chi connectivity index (χ1n) is 8.67. The van der Waals surface area contributed by atoms with E-state index in [0.29, 0.717) is 0 Å². The van der Waals surface area contributed by atoms with Gasteiger partial charge in [-0.05, 0) is 35.4 Å². The monoisotopic (exact) mass is 427 g/mol. The summed E-state index contributed by atoms with van der Waals surface area (Å²) < 4.78 is 29.4. The number of carboxylic acid groups (broad SMARTS) is 1. The molecule has 0 aliphatic heterocycles. The van der Waals surface area contributed by atoms with Gasteiger partial charge in [-0.3, -0.25) is 8.98 Å². The molecule has 1 amide bonds. The van der Waals surface area contributed by atoms with E-state index in [4.69, 9.17) is 9.29 Å². The molecule has 3 aromatic rings. The van der Waals surface area contributed by atoms with Crippen molar-refractivity contribution in [3.63, 3.8) is 0 Å². The van der Waals surface area contributed by atoms with Crippen molar-refractivity contribution >= 4 is 27.7 Å². The fraction of sp³-hybridized carbons (Fsp3) is 0.0476. The van der Waals surface area contributed by atoms with Crippen molar-refractivity contribution in [2.45, 2.75) is 4.90 Å². The summed E-state index contributed by atoms with van der Waals surface area (Å²) in [4.78, 5) is 22.7. The van der Waals surface area contributed by atoms with Crippen molar-refractivity contribution in [3.8, 4) is 16.9 Å². The Kier molecular flexibility index (Phi) is 6.14. The molecule has 0 spiro atoms. The van der Waals surface area contributed by atoms with Crippen molar-refractivity contribution in [2.75, 3.05) is 11.9 Å². The summed E-state index contributed by atoms with van der Waals surface area (Å²) in [6.45, 7) is -0.787. The lowest BCUT2D eigenvalue weighted by Gasteiger charge is -2.09. The van der Waals surface area contributed by atoms with Gasteiger partial charge >= 0.3 is 5.97 Å². The minimum Gasteiger partial charge on any atom is -0.507 e. The van der Waals surface area contributed by atoms with Crippen LogP contribution in [0.15, 0.2) is 77.7 Å². The average molecular weight is 427 g/mol. The van der Waals surface area contributed by atoms with Gasteiger partial charge in [-0.15, -0.1) is 0 Å². The van der Waals surface area contributed by atoms with Gasteiger partial charge in [0, 0.05) is 11.8 Å². The Labute approximate surface area is 172 Å². The van der Waals surface area contributed by atoms with Crippen molar-refractivity contribution in [1.82, 2.24) is 0 Å². The predicted molar refractivity (Wildman–Crippen MR) is 109 cm³/mol. The van der Waals surface area contributed by atoms with Gasteiger partial charge in [0.05, 0.1) is 4.90 Å². The second-order valence-electron chi connectivity index (χ2n) is 6.19. The van der Waals surface area contributed by atoms with Gasteiger partial charge < -0.3 is 15.5 Å². The van der Waals surface area contributed by atoms with Crippen molar-refractivity contribution in [1.29, 1.82) is 0 Å². The number of aromatic hydroxyl groups is 1. The maximum absolute atomic E-state index is 12.3. The van der Waals surface area contributed by atoms with E-state index < -0.39 is 34.4 Å². The Bertz CT molecular complexity index is 1170. The molecule has 154 valence electrons. The molecule has 0 saturated heterocycles. The molecular weight excluding hydrogens is 410 g/mol. The van der Waals surface area contributed by atoms with Gasteiger partial charge in [-0.25, -0.2) is 4.79 Å². The van der Waals surface area contributed by atoms with E-state index in [1.165, 1.54) is 18.2 Å². The number of benzene rings is 3. The second-order valence-corrected chi connectivity index (χ2v) is 7.81. The third kappa shape index (κ3) is 5.02. The van der Waals surface area contributed by atoms with Gasteiger partial charge in [-0.1, -0.05) is 42.5 Å². The normalized spacial score (nSPS) is 11.1. The number of nitrogens with one attached hydrogen (secondary N) is 1. The van der Waals surface area contributed by atoms with E-state index in [1.807, 2.05) is 30.3 Å². The predicted octanol–water partition coefficient (Wildman–Crippen LogP) is 3.10. The molecule has 8 nitrogen and oxygen atoms in total. The highest BCUT2D eigenvalue weighted by atomic mass is 32.2. The van der Waals surface area contributed by atoms with E-state index in [9.17, 15) is 23.1 Å². The first kappa shape index (κ1) is 21.0. The average Bonchev–Trinajstić information content (AvgIpc) is 2.73. The lowest BCUT2D eigenvalue weighted by atomic mass is 10.1. The zero-order chi connectivity index (χ0) is 21.7. The van der Waals surface area contributed by atoms with Gasteiger partial charge in [0.2, 0.25) is 0 Å². The number of hydrogen-bond acceptors (Lipinski definition) is 6. The molecule has 0 aliphatic rings. The standard InChI is InChI=1S/C21H17NO7S/c23-19-12-16(8-11-18(19)21(25)26)22-20(24)13-29-30(27,28)17-9-6-15(7-10-17)14-4-2-1-3-5-14/h1-12,23H,13H2,(H,22,24)(H,25,26). The first-order chi connectivity index (χ1) is 14.3. The van der Waals surface area contributed by atoms with Gasteiger partial charge in [-0.2, -0.15) is 8.42 Å². The smallest absolute Gasteiger partial charge is 0.339 e. The van der Waals surface area contributed by atoms with Crippen LogP contribution < -0.4 is 5.32 Å². The van der Waals surface area contributed by atoms with Gasteiger partial charge in [0.1, 0.15) is 17.9 Å². The lowest BCUT2D eigenvalue weighted by Crippen LogP contribution is -2.21. The fourth-order valence-electron chi connectivity index (χ4n) is 2.63. The second kappa shape index (κ2) is 8.76. The van der Waals surface area contributed by atoms with Crippen LogP contribution in [0.3, 0.4) is 0 Å². The Morgan fingerprint density at radius 2 is 1.53 bits per heavy atom. The molecule has 30 heavy (non-hydrogen) atoms. The molecule has 0 radical (unpaired) electrons. The summed E-state index contributed by atoms with van der Waals surface area (Å²) in [6.07, 6.45) is 0. The van der Waals surface area contributed by atoms with Crippen LogP contribution in [0, 0.1) is 0 Å². The van der Waals surface area contributed by atoms with E-state index >= 15 is 0 Å². The molecule has 0 aromatic heterocycles. The number of amides is 1. The highest BCUT2D eigenvalue weighted by molar-refractivity contribution is 7.86. The highest BCUT2D eigenvalue weighted by Gasteiger charge is 2.18. The molecule has 0 fully saturated rings.